The number of nitrogens with zero attached hydrogens (tertiary/aromatic N) is 1. The molecular weight excluding hydrogens is 388 g/mol. The molecule has 0 fully saturated rings. The largest absolute Gasteiger partial charge is 0.355 e. The van der Waals surface area contributed by atoms with Crippen LogP contribution < -0.4 is 16.0 Å². The average molecular weight is 409 g/mol. The molecule has 0 aliphatic heterocycles. The number of benzene rings is 2. The van der Waals surface area contributed by atoms with Gasteiger partial charge in [-0.25, -0.2) is 4.98 Å². The predicted octanol–water partition coefficient (Wildman–Crippen LogP) is 4.33. The molecule has 3 N–H and O–H groups in total. The van der Waals surface area contributed by atoms with Crippen molar-refractivity contribution in [2.45, 2.75) is 13.3 Å². The Bertz CT molecular complexity index is 1050. The normalized spacial score (nSPS) is 10.3. The van der Waals surface area contributed by atoms with Crippen LogP contribution in [0.25, 0.3) is 0 Å². The number of para-hydroxylation sites is 1. The third-order valence-corrected chi connectivity index (χ3v) is 4.54. The first-order chi connectivity index (χ1) is 14.0. The third-order valence-electron chi connectivity index (χ3n) is 4.30. The highest BCUT2D eigenvalue weighted by Crippen LogP contribution is 2.26. The van der Waals surface area contributed by atoms with Gasteiger partial charge in [-0.3, -0.25) is 9.59 Å². The van der Waals surface area contributed by atoms with Crippen LogP contribution in [-0.2, 0) is 11.2 Å². The van der Waals surface area contributed by atoms with Gasteiger partial charge in [-0.15, -0.1) is 0 Å². The van der Waals surface area contributed by atoms with Crippen LogP contribution in [0.2, 0.25) is 5.02 Å². The number of aryl methyl sites for hydroxylation is 1. The minimum absolute atomic E-state index is 0.147. The van der Waals surface area contributed by atoms with E-state index in [1.165, 1.54) is 6.20 Å². The molecule has 1 aromatic heterocycles. The molecular formula is C22H21ClN4O2. The standard InChI is InChI=1S/C22H21ClN4O2/c1-14-6-3-4-9-18(14)27-21-19(12-16(13-25-21)22(29)24-2)26-20(28)11-15-7-5-8-17(23)10-15/h3-10,12-13H,11H2,1-2H3,(H,24,29)(H,25,27)(H,26,28). The summed E-state index contributed by atoms with van der Waals surface area (Å²) >= 11 is 5.99. The minimum atomic E-state index is -0.287. The Morgan fingerprint density at radius 3 is 2.55 bits per heavy atom. The lowest BCUT2D eigenvalue weighted by atomic mass is 10.1. The summed E-state index contributed by atoms with van der Waals surface area (Å²) in [5.74, 6) is -0.0763. The van der Waals surface area contributed by atoms with E-state index in [1.54, 1.807) is 31.3 Å². The summed E-state index contributed by atoms with van der Waals surface area (Å²) in [6.45, 7) is 1.97. The first kappa shape index (κ1) is 20.4. The Labute approximate surface area is 174 Å². The number of aromatic nitrogens is 1. The number of hydrogen-bond donors (Lipinski definition) is 3. The van der Waals surface area contributed by atoms with Crippen LogP contribution >= 0.6 is 11.6 Å². The van der Waals surface area contributed by atoms with Crippen molar-refractivity contribution in [2.75, 3.05) is 17.7 Å². The van der Waals surface area contributed by atoms with Crippen molar-refractivity contribution in [3.63, 3.8) is 0 Å². The molecule has 0 aliphatic carbocycles. The molecule has 0 saturated carbocycles. The second-order valence-corrected chi connectivity index (χ2v) is 6.93. The molecule has 0 spiro atoms. The van der Waals surface area contributed by atoms with E-state index in [1.807, 2.05) is 37.3 Å². The summed E-state index contributed by atoms with van der Waals surface area (Å²) in [4.78, 5) is 29.0. The first-order valence-electron chi connectivity index (χ1n) is 9.05. The molecule has 29 heavy (non-hydrogen) atoms. The molecule has 0 aliphatic rings. The highest BCUT2D eigenvalue weighted by atomic mass is 35.5. The van der Waals surface area contributed by atoms with Crippen molar-refractivity contribution in [3.8, 4) is 0 Å². The Hall–Kier alpha value is -3.38. The molecule has 6 nitrogen and oxygen atoms in total. The minimum Gasteiger partial charge on any atom is -0.355 e. The maximum Gasteiger partial charge on any atom is 0.252 e. The van der Waals surface area contributed by atoms with Crippen molar-refractivity contribution in [3.05, 3.63) is 82.5 Å². The second kappa shape index (κ2) is 9.21. The number of carbonyl (C=O) groups is 2. The molecule has 7 heteroatoms. The van der Waals surface area contributed by atoms with Crippen LogP contribution in [0.5, 0.6) is 0 Å². The molecule has 3 aromatic rings. The molecule has 2 aromatic carbocycles. The lowest BCUT2D eigenvalue weighted by Gasteiger charge is -2.15. The van der Waals surface area contributed by atoms with Crippen molar-refractivity contribution in [1.29, 1.82) is 0 Å². The fraction of sp³-hybridized carbons (Fsp3) is 0.136. The van der Waals surface area contributed by atoms with E-state index in [-0.39, 0.29) is 18.2 Å². The van der Waals surface area contributed by atoms with Crippen LogP contribution in [-0.4, -0.2) is 23.8 Å². The highest BCUT2D eigenvalue weighted by Gasteiger charge is 2.14. The van der Waals surface area contributed by atoms with Crippen LogP contribution in [0, 0.1) is 6.92 Å². The number of amides is 2. The summed E-state index contributed by atoms with van der Waals surface area (Å²) in [5, 5.41) is 9.20. The summed E-state index contributed by atoms with van der Waals surface area (Å²) < 4.78 is 0. The van der Waals surface area contributed by atoms with Crippen molar-refractivity contribution < 1.29 is 9.59 Å². The van der Waals surface area contributed by atoms with Gasteiger partial charge in [0.2, 0.25) is 5.91 Å². The zero-order valence-electron chi connectivity index (χ0n) is 16.1. The van der Waals surface area contributed by atoms with Gasteiger partial charge in [-0.1, -0.05) is 41.9 Å². The molecule has 3 rings (SSSR count). The Morgan fingerprint density at radius 1 is 1.03 bits per heavy atom. The lowest BCUT2D eigenvalue weighted by Crippen LogP contribution is -2.20. The second-order valence-electron chi connectivity index (χ2n) is 6.49. The average Bonchev–Trinajstić information content (AvgIpc) is 2.70. The van der Waals surface area contributed by atoms with Gasteiger partial charge >= 0.3 is 0 Å². The quantitative estimate of drug-likeness (QED) is 0.567. The van der Waals surface area contributed by atoms with E-state index in [4.69, 9.17) is 11.6 Å². The first-order valence-corrected chi connectivity index (χ1v) is 9.43. The van der Waals surface area contributed by atoms with Crippen molar-refractivity contribution in [1.82, 2.24) is 10.3 Å². The van der Waals surface area contributed by atoms with Crippen molar-refractivity contribution in [2.24, 2.45) is 0 Å². The number of anilines is 3. The van der Waals surface area contributed by atoms with Gasteiger partial charge in [0.05, 0.1) is 17.7 Å². The summed E-state index contributed by atoms with van der Waals surface area (Å²) in [7, 11) is 1.54. The van der Waals surface area contributed by atoms with Gasteiger partial charge in [-0.05, 0) is 42.3 Å². The van der Waals surface area contributed by atoms with Gasteiger partial charge in [0.1, 0.15) is 0 Å². The fourth-order valence-corrected chi connectivity index (χ4v) is 3.01. The summed E-state index contributed by atoms with van der Waals surface area (Å²) in [6.07, 6.45) is 1.61. The number of halogens is 1. The van der Waals surface area contributed by atoms with Gasteiger partial charge < -0.3 is 16.0 Å². The molecule has 148 valence electrons. The smallest absolute Gasteiger partial charge is 0.252 e. The number of hydrogen-bond acceptors (Lipinski definition) is 4. The molecule has 0 radical (unpaired) electrons. The van der Waals surface area contributed by atoms with Crippen LogP contribution in [0.15, 0.2) is 60.8 Å². The van der Waals surface area contributed by atoms with Crippen LogP contribution in [0.3, 0.4) is 0 Å². The highest BCUT2D eigenvalue weighted by molar-refractivity contribution is 6.30. The monoisotopic (exact) mass is 408 g/mol. The number of rotatable bonds is 6. The molecule has 0 saturated heterocycles. The van der Waals surface area contributed by atoms with E-state index < -0.39 is 0 Å². The maximum absolute atomic E-state index is 12.6. The van der Waals surface area contributed by atoms with Crippen LogP contribution in [0.1, 0.15) is 21.5 Å². The van der Waals surface area contributed by atoms with E-state index >= 15 is 0 Å². The fourth-order valence-electron chi connectivity index (χ4n) is 2.80. The van der Waals surface area contributed by atoms with Gasteiger partial charge in [-0.2, -0.15) is 0 Å². The Balaban J connectivity index is 1.88. The Kier molecular flexibility index (Phi) is 6.46. The summed E-state index contributed by atoms with van der Waals surface area (Å²) in [5.41, 5.74) is 3.44. The third kappa shape index (κ3) is 5.33. The van der Waals surface area contributed by atoms with Gasteiger partial charge in [0, 0.05) is 24.0 Å². The molecule has 2 amide bonds. The zero-order valence-corrected chi connectivity index (χ0v) is 16.9. The molecule has 0 unspecified atom stereocenters. The van der Waals surface area contributed by atoms with Gasteiger partial charge in [0.25, 0.3) is 5.91 Å². The molecule has 1 heterocycles. The number of nitrogens with one attached hydrogen (secondary N) is 3. The van der Waals surface area contributed by atoms with Crippen molar-refractivity contribution >= 4 is 40.6 Å². The van der Waals surface area contributed by atoms with E-state index in [9.17, 15) is 9.59 Å². The lowest BCUT2D eigenvalue weighted by molar-refractivity contribution is -0.115. The SMILES string of the molecule is CNC(=O)c1cnc(Nc2ccccc2C)c(NC(=O)Cc2cccc(Cl)c2)c1. The van der Waals surface area contributed by atoms with Gasteiger partial charge in [0.15, 0.2) is 5.82 Å². The summed E-state index contributed by atoms with van der Waals surface area (Å²) in [6, 6.07) is 16.5. The molecule has 0 atom stereocenters. The van der Waals surface area contributed by atoms with E-state index in [0.717, 1.165) is 16.8 Å². The maximum atomic E-state index is 12.6. The van der Waals surface area contributed by atoms with E-state index in [2.05, 4.69) is 20.9 Å². The predicted molar refractivity (Wildman–Crippen MR) is 116 cm³/mol. The topological polar surface area (TPSA) is 83.1 Å². The van der Waals surface area contributed by atoms with E-state index in [0.29, 0.717) is 22.1 Å². The molecule has 0 bridgehead atoms. The Morgan fingerprint density at radius 2 is 1.83 bits per heavy atom. The number of pyridine rings is 1. The zero-order chi connectivity index (χ0) is 20.8. The van der Waals surface area contributed by atoms with Crippen LogP contribution in [0.4, 0.5) is 17.2 Å². The number of carbonyl (C=O) groups excluding carboxylic acids is 2.